The lowest BCUT2D eigenvalue weighted by Crippen LogP contribution is -2.45. The van der Waals surface area contributed by atoms with Crippen molar-refractivity contribution >= 4 is 5.91 Å². The number of carbonyl (C=O) groups excluding carboxylic acids is 1. The summed E-state index contributed by atoms with van der Waals surface area (Å²) in [6, 6.07) is 4.38. The SMILES string of the molecule is C[C@@H]1CN(C[C@@H](C#N)CCC#N)C[C@H]1C(=O)N1CCOCC1. The van der Waals surface area contributed by atoms with Crippen molar-refractivity contribution in [1.29, 1.82) is 10.5 Å². The molecule has 2 rings (SSSR count). The number of amides is 1. The zero-order valence-electron chi connectivity index (χ0n) is 13.2. The first kappa shape index (κ1) is 16.7. The van der Waals surface area contributed by atoms with E-state index >= 15 is 0 Å². The summed E-state index contributed by atoms with van der Waals surface area (Å²) in [7, 11) is 0. The van der Waals surface area contributed by atoms with E-state index < -0.39 is 0 Å². The van der Waals surface area contributed by atoms with E-state index in [0.29, 0.717) is 51.6 Å². The summed E-state index contributed by atoms with van der Waals surface area (Å²) in [5, 5.41) is 17.8. The fourth-order valence-corrected chi connectivity index (χ4v) is 3.30. The van der Waals surface area contributed by atoms with Crippen LogP contribution in [0.25, 0.3) is 0 Å². The summed E-state index contributed by atoms with van der Waals surface area (Å²) < 4.78 is 5.30. The second-order valence-corrected chi connectivity index (χ2v) is 6.26. The van der Waals surface area contributed by atoms with Gasteiger partial charge in [0.25, 0.3) is 0 Å². The van der Waals surface area contributed by atoms with Gasteiger partial charge in [-0.2, -0.15) is 10.5 Å². The molecule has 0 saturated carbocycles. The van der Waals surface area contributed by atoms with Crippen LogP contribution in [0.2, 0.25) is 0 Å². The molecule has 6 heteroatoms. The third-order valence-corrected chi connectivity index (χ3v) is 4.59. The molecule has 6 nitrogen and oxygen atoms in total. The van der Waals surface area contributed by atoms with E-state index in [-0.39, 0.29) is 17.7 Å². The lowest BCUT2D eigenvalue weighted by Gasteiger charge is -2.30. The van der Waals surface area contributed by atoms with E-state index in [1.54, 1.807) is 0 Å². The number of ether oxygens (including phenoxy) is 1. The van der Waals surface area contributed by atoms with E-state index in [1.807, 2.05) is 4.90 Å². The van der Waals surface area contributed by atoms with Gasteiger partial charge in [-0.3, -0.25) is 4.79 Å². The van der Waals surface area contributed by atoms with Crippen LogP contribution in [0.1, 0.15) is 19.8 Å². The zero-order chi connectivity index (χ0) is 15.9. The van der Waals surface area contributed by atoms with Crippen molar-refractivity contribution in [3.05, 3.63) is 0 Å². The summed E-state index contributed by atoms with van der Waals surface area (Å²) in [6.45, 7) is 6.97. The van der Waals surface area contributed by atoms with Gasteiger partial charge in [0, 0.05) is 39.1 Å². The van der Waals surface area contributed by atoms with Crippen LogP contribution in [0.5, 0.6) is 0 Å². The number of hydrogen-bond acceptors (Lipinski definition) is 5. The van der Waals surface area contributed by atoms with Crippen molar-refractivity contribution < 1.29 is 9.53 Å². The average molecular weight is 304 g/mol. The maximum absolute atomic E-state index is 12.6. The molecular formula is C16H24N4O2. The highest BCUT2D eigenvalue weighted by molar-refractivity contribution is 5.79. The van der Waals surface area contributed by atoms with Gasteiger partial charge in [0.15, 0.2) is 0 Å². The van der Waals surface area contributed by atoms with Crippen LogP contribution in [0.3, 0.4) is 0 Å². The maximum atomic E-state index is 12.6. The normalized spacial score (nSPS) is 27.1. The first-order valence-corrected chi connectivity index (χ1v) is 8.01. The van der Waals surface area contributed by atoms with Gasteiger partial charge in [0.2, 0.25) is 5.91 Å². The van der Waals surface area contributed by atoms with Crippen LogP contribution in [0, 0.1) is 40.4 Å². The van der Waals surface area contributed by atoms with Crippen molar-refractivity contribution in [3.63, 3.8) is 0 Å². The molecule has 2 heterocycles. The van der Waals surface area contributed by atoms with Crippen molar-refractivity contribution in [1.82, 2.24) is 9.80 Å². The molecular weight excluding hydrogens is 280 g/mol. The number of likely N-dealkylation sites (tertiary alicyclic amines) is 1. The summed E-state index contributed by atoms with van der Waals surface area (Å²) in [5.74, 6) is 0.437. The number of nitrogens with zero attached hydrogens (tertiary/aromatic N) is 4. The first-order valence-electron chi connectivity index (χ1n) is 8.01. The summed E-state index contributed by atoms with van der Waals surface area (Å²) in [4.78, 5) is 16.7. The van der Waals surface area contributed by atoms with Gasteiger partial charge in [-0.15, -0.1) is 0 Å². The van der Waals surface area contributed by atoms with E-state index in [4.69, 9.17) is 10.00 Å². The van der Waals surface area contributed by atoms with E-state index in [0.717, 1.165) is 13.1 Å². The van der Waals surface area contributed by atoms with Gasteiger partial charge < -0.3 is 14.5 Å². The Labute approximate surface area is 132 Å². The third kappa shape index (κ3) is 4.19. The van der Waals surface area contributed by atoms with Crippen LogP contribution in [0.4, 0.5) is 0 Å². The van der Waals surface area contributed by atoms with E-state index in [1.165, 1.54) is 0 Å². The molecule has 22 heavy (non-hydrogen) atoms. The molecule has 0 bridgehead atoms. The smallest absolute Gasteiger partial charge is 0.227 e. The molecule has 0 spiro atoms. The predicted molar refractivity (Wildman–Crippen MR) is 80.4 cm³/mol. The van der Waals surface area contributed by atoms with Crippen LogP contribution in [-0.4, -0.2) is 61.6 Å². The topological polar surface area (TPSA) is 80.4 Å². The quantitative estimate of drug-likeness (QED) is 0.752. The van der Waals surface area contributed by atoms with Gasteiger partial charge in [-0.25, -0.2) is 0 Å². The Morgan fingerprint density at radius 2 is 2.05 bits per heavy atom. The summed E-state index contributed by atoms with van der Waals surface area (Å²) in [6.07, 6.45) is 1.03. The molecule has 3 atom stereocenters. The molecule has 0 aliphatic carbocycles. The second kappa shape index (κ2) is 8.12. The maximum Gasteiger partial charge on any atom is 0.227 e. The van der Waals surface area contributed by atoms with Crippen molar-refractivity contribution in [2.45, 2.75) is 19.8 Å². The predicted octanol–water partition coefficient (Wildman–Crippen LogP) is 0.857. The fourth-order valence-electron chi connectivity index (χ4n) is 3.30. The van der Waals surface area contributed by atoms with Gasteiger partial charge >= 0.3 is 0 Å². The highest BCUT2D eigenvalue weighted by atomic mass is 16.5. The third-order valence-electron chi connectivity index (χ3n) is 4.59. The molecule has 2 fully saturated rings. The minimum Gasteiger partial charge on any atom is -0.378 e. The molecule has 2 saturated heterocycles. The highest BCUT2D eigenvalue weighted by Gasteiger charge is 2.37. The number of hydrogen-bond donors (Lipinski definition) is 0. The first-order chi connectivity index (χ1) is 10.7. The fraction of sp³-hybridized carbons (Fsp3) is 0.812. The Balaban J connectivity index is 1.87. The van der Waals surface area contributed by atoms with Crippen molar-refractivity contribution in [3.8, 4) is 12.1 Å². The number of nitriles is 2. The van der Waals surface area contributed by atoms with Gasteiger partial charge in [-0.1, -0.05) is 6.92 Å². The summed E-state index contributed by atoms with van der Waals surface area (Å²) in [5.41, 5.74) is 0. The Hall–Kier alpha value is -1.63. The number of morpholine rings is 1. The van der Waals surface area contributed by atoms with Crippen molar-refractivity contribution in [2.24, 2.45) is 17.8 Å². The second-order valence-electron chi connectivity index (χ2n) is 6.26. The molecule has 0 aromatic carbocycles. The van der Waals surface area contributed by atoms with Crippen LogP contribution >= 0.6 is 0 Å². The Bertz CT molecular complexity index is 462. The minimum absolute atomic E-state index is 0.0217. The van der Waals surface area contributed by atoms with Crippen LogP contribution in [-0.2, 0) is 9.53 Å². The monoisotopic (exact) mass is 304 g/mol. The Kier molecular flexibility index (Phi) is 6.18. The Morgan fingerprint density at radius 1 is 1.32 bits per heavy atom. The van der Waals surface area contributed by atoms with E-state index in [9.17, 15) is 10.1 Å². The van der Waals surface area contributed by atoms with Gasteiger partial charge in [0.1, 0.15) is 0 Å². The van der Waals surface area contributed by atoms with Gasteiger partial charge in [-0.05, 0) is 12.3 Å². The highest BCUT2D eigenvalue weighted by Crippen LogP contribution is 2.26. The molecule has 1 amide bonds. The van der Waals surface area contributed by atoms with E-state index in [2.05, 4.69) is 24.0 Å². The molecule has 120 valence electrons. The van der Waals surface area contributed by atoms with Crippen molar-refractivity contribution in [2.75, 3.05) is 45.9 Å². The molecule has 0 aromatic heterocycles. The largest absolute Gasteiger partial charge is 0.378 e. The lowest BCUT2D eigenvalue weighted by atomic mass is 9.96. The zero-order valence-corrected chi connectivity index (χ0v) is 13.2. The molecule has 0 unspecified atom stereocenters. The minimum atomic E-state index is -0.121. The standard InChI is InChI=1S/C16H24N4O2/c1-13-10-19(11-14(9-18)3-2-4-17)12-15(13)16(21)20-5-7-22-8-6-20/h13-15H,2-3,5-8,10-12H2,1H3/t13-,14-,15-/m1/s1. The molecule has 0 N–H and O–H groups in total. The Morgan fingerprint density at radius 3 is 2.68 bits per heavy atom. The molecule has 0 radical (unpaired) electrons. The lowest BCUT2D eigenvalue weighted by molar-refractivity contribution is -0.140. The number of carbonyl (C=O) groups is 1. The molecule has 2 aliphatic heterocycles. The summed E-state index contributed by atoms with van der Waals surface area (Å²) >= 11 is 0. The molecule has 2 aliphatic rings. The molecule has 0 aromatic rings. The number of rotatable bonds is 5. The van der Waals surface area contributed by atoms with Gasteiger partial charge in [0.05, 0.1) is 37.2 Å². The van der Waals surface area contributed by atoms with Crippen LogP contribution < -0.4 is 0 Å². The average Bonchev–Trinajstić information content (AvgIpc) is 2.92. The van der Waals surface area contributed by atoms with Crippen LogP contribution in [0.15, 0.2) is 0 Å².